The van der Waals surface area contributed by atoms with Crippen LogP contribution in [0.1, 0.15) is 12.8 Å². The largest absolute Gasteiger partial charge is 0.481 e. The molecule has 0 aliphatic heterocycles. The fraction of sp³-hybridized carbons (Fsp3) is 0.750. The average molecular weight is 201 g/mol. The molecule has 1 atom stereocenters. The van der Waals surface area contributed by atoms with Crippen LogP contribution in [0.15, 0.2) is 0 Å². The van der Waals surface area contributed by atoms with Crippen molar-refractivity contribution in [3.8, 4) is 0 Å². The van der Waals surface area contributed by atoms with Gasteiger partial charge in [-0.3, -0.25) is 4.79 Å². The molecule has 2 nitrogen and oxygen atoms in total. The second kappa shape index (κ2) is 7.38. The van der Waals surface area contributed by atoms with Crippen molar-refractivity contribution in [2.75, 3.05) is 6.16 Å². The number of aliphatic carboxylic acids is 1. The highest BCUT2D eigenvalue weighted by Gasteiger charge is 1.90. The van der Waals surface area contributed by atoms with E-state index in [0.717, 1.165) is 12.6 Å². The molecular weight excluding hydrogens is 191 g/mol. The molecule has 8 heavy (non-hydrogen) atoms. The molecule has 1 N–H and O–H groups in total. The van der Waals surface area contributed by atoms with E-state index in [1.807, 2.05) is 0 Å². The summed E-state index contributed by atoms with van der Waals surface area (Å²) in [6.07, 6.45) is 1.94. The van der Waals surface area contributed by atoms with Crippen LogP contribution in [-0.2, 0) is 4.79 Å². The molecule has 50 valence electrons. The Hall–Kier alpha value is 0.380. The van der Waals surface area contributed by atoms with E-state index in [2.05, 4.69) is 9.24 Å². The zero-order chi connectivity index (χ0) is 5.70. The first kappa shape index (κ1) is 11.2. The summed E-state index contributed by atoms with van der Waals surface area (Å²) in [5.41, 5.74) is 0. The summed E-state index contributed by atoms with van der Waals surface area (Å²) in [7, 11) is 2.48. The fourth-order valence-corrected chi connectivity index (χ4v) is 0.457. The lowest BCUT2D eigenvalue weighted by Crippen LogP contribution is -1.93. The van der Waals surface area contributed by atoms with Crippen LogP contribution in [0, 0.1) is 0 Å². The van der Waals surface area contributed by atoms with Crippen molar-refractivity contribution >= 4 is 32.2 Å². The number of halogens is 1. The molecule has 4 heteroatoms. The Morgan fingerprint density at radius 1 is 1.62 bits per heavy atom. The van der Waals surface area contributed by atoms with Crippen molar-refractivity contribution in [2.45, 2.75) is 12.8 Å². The van der Waals surface area contributed by atoms with Crippen LogP contribution in [-0.4, -0.2) is 17.2 Å². The van der Waals surface area contributed by atoms with E-state index in [9.17, 15) is 4.79 Å². The van der Waals surface area contributed by atoms with E-state index in [1.165, 1.54) is 0 Å². The summed E-state index contributed by atoms with van der Waals surface area (Å²) in [6, 6.07) is 0. The molecule has 0 aliphatic rings. The standard InChI is InChI=1S/C4H9O2P.BrH/c5-4(6)2-1-3-7;/h1-3,7H2,(H,5,6);1H. The van der Waals surface area contributed by atoms with Gasteiger partial charge in [0.15, 0.2) is 0 Å². The van der Waals surface area contributed by atoms with Gasteiger partial charge in [-0.1, -0.05) is 0 Å². The lowest BCUT2D eigenvalue weighted by molar-refractivity contribution is -0.137. The zero-order valence-electron chi connectivity index (χ0n) is 4.46. The van der Waals surface area contributed by atoms with Crippen LogP contribution < -0.4 is 0 Å². The maximum absolute atomic E-state index is 9.75. The quantitative estimate of drug-likeness (QED) is 0.698. The second-order valence-electron chi connectivity index (χ2n) is 1.29. The number of hydrogen-bond acceptors (Lipinski definition) is 1. The second-order valence-corrected chi connectivity index (χ2v) is 1.86. The topological polar surface area (TPSA) is 37.3 Å². The van der Waals surface area contributed by atoms with Crippen LogP contribution in [0.3, 0.4) is 0 Å². The Morgan fingerprint density at radius 3 is 2.25 bits per heavy atom. The normalized spacial score (nSPS) is 7.62. The monoisotopic (exact) mass is 200 g/mol. The highest BCUT2D eigenvalue weighted by Crippen LogP contribution is 1.92. The maximum atomic E-state index is 9.75. The average Bonchev–Trinajstić information content (AvgIpc) is 1.61. The van der Waals surface area contributed by atoms with Crippen molar-refractivity contribution in [3.63, 3.8) is 0 Å². The Morgan fingerprint density at radius 2 is 2.12 bits per heavy atom. The molecular formula is C4H10BrO2P. The Bertz CT molecular complexity index is 67.1. The minimum absolute atomic E-state index is 0. The summed E-state index contributed by atoms with van der Waals surface area (Å²) in [4.78, 5) is 9.75. The highest BCUT2D eigenvalue weighted by molar-refractivity contribution is 8.93. The maximum Gasteiger partial charge on any atom is 0.303 e. The molecule has 0 aromatic heterocycles. The van der Waals surface area contributed by atoms with Gasteiger partial charge in [-0.15, -0.1) is 26.2 Å². The van der Waals surface area contributed by atoms with Crippen LogP contribution in [0.2, 0.25) is 0 Å². The summed E-state index contributed by atoms with van der Waals surface area (Å²) in [5.74, 6) is -0.706. The fourth-order valence-electron chi connectivity index (χ4n) is 0.253. The van der Waals surface area contributed by atoms with E-state index in [0.29, 0.717) is 6.42 Å². The molecule has 0 aliphatic carbocycles. The predicted octanol–water partition coefficient (Wildman–Crippen LogP) is 1.30. The van der Waals surface area contributed by atoms with Gasteiger partial charge in [0.05, 0.1) is 0 Å². The first-order chi connectivity index (χ1) is 3.27. The molecule has 0 radical (unpaired) electrons. The molecule has 0 heterocycles. The van der Waals surface area contributed by atoms with Gasteiger partial charge in [-0.05, 0) is 12.6 Å². The highest BCUT2D eigenvalue weighted by atomic mass is 79.9. The summed E-state index contributed by atoms with van der Waals surface area (Å²) >= 11 is 0. The molecule has 0 amide bonds. The van der Waals surface area contributed by atoms with Crippen LogP contribution in [0.25, 0.3) is 0 Å². The Kier molecular flexibility index (Phi) is 10.3. The third kappa shape index (κ3) is 9.63. The molecule has 0 rings (SSSR count). The summed E-state index contributed by atoms with van der Waals surface area (Å²) in [5, 5.41) is 8.04. The van der Waals surface area contributed by atoms with Gasteiger partial charge < -0.3 is 5.11 Å². The van der Waals surface area contributed by atoms with E-state index < -0.39 is 5.97 Å². The number of rotatable bonds is 3. The van der Waals surface area contributed by atoms with Crippen LogP contribution in [0.5, 0.6) is 0 Å². The molecule has 0 aromatic rings. The molecule has 0 spiro atoms. The Labute approximate surface area is 61.6 Å². The van der Waals surface area contributed by atoms with Crippen molar-refractivity contribution in [3.05, 3.63) is 0 Å². The number of carboxylic acids is 1. The van der Waals surface area contributed by atoms with Crippen molar-refractivity contribution < 1.29 is 9.90 Å². The Balaban J connectivity index is 0. The molecule has 1 unspecified atom stereocenters. The molecule has 0 saturated carbocycles. The predicted molar refractivity (Wildman–Crippen MR) is 41.8 cm³/mol. The summed E-state index contributed by atoms with van der Waals surface area (Å²) in [6.45, 7) is 0. The SMILES string of the molecule is Br.O=C(O)CCCP. The van der Waals surface area contributed by atoms with Gasteiger partial charge in [0.1, 0.15) is 0 Å². The van der Waals surface area contributed by atoms with Gasteiger partial charge in [0, 0.05) is 6.42 Å². The minimum atomic E-state index is -0.706. The lowest BCUT2D eigenvalue weighted by Gasteiger charge is -1.85. The third-order valence-corrected chi connectivity index (χ3v) is 1.00. The van der Waals surface area contributed by atoms with Crippen LogP contribution in [0.4, 0.5) is 0 Å². The smallest absolute Gasteiger partial charge is 0.303 e. The van der Waals surface area contributed by atoms with Crippen LogP contribution >= 0.6 is 26.2 Å². The number of hydrogen-bond donors (Lipinski definition) is 1. The number of carboxylic acid groups (broad SMARTS) is 1. The minimum Gasteiger partial charge on any atom is -0.481 e. The van der Waals surface area contributed by atoms with Gasteiger partial charge in [0.2, 0.25) is 0 Å². The van der Waals surface area contributed by atoms with Gasteiger partial charge >= 0.3 is 5.97 Å². The van der Waals surface area contributed by atoms with Gasteiger partial charge in [-0.2, -0.15) is 0 Å². The van der Waals surface area contributed by atoms with Gasteiger partial charge in [0.25, 0.3) is 0 Å². The summed E-state index contributed by atoms with van der Waals surface area (Å²) < 4.78 is 0. The van der Waals surface area contributed by atoms with Gasteiger partial charge in [-0.25, -0.2) is 0 Å². The number of carbonyl (C=O) groups is 1. The van der Waals surface area contributed by atoms with Crippen molar-refractivity contribution in [1.82, 2.24) is 0 Å². The first-order valence-corrected chi connectivity index (χ1v) is 3.01. The molecule has 0 saturated heterocycles. The molecule has 0 aromatic carbocycles. The lowest BCUT2D eigenvalue weighted by atomic mass is 10.3. The van der Waals surface area contributed by atoms with Crippen molar-refractivity contribution in [2.24, 2.45) is 0 Å². The van der Waals surface area contributed by atoms with Crippen molar-refractivity contribution in [1.29, 1.82) is 0 Å². The molecule has 0 bridgehead atoms. The van der Waals surface area contributed by atoms with E-state index >= 15 is 0 Å². The first-order valence-electron chi connectivity index (χ1n) is 2.19. The van der Waals surface area contributed by atoms with E-state index in [1.54, 1.807) is 0 Å². The zero-order valence-corrected chi connectivity index (χ0v) is 7.33. The molecule has 0 fully saturated rings. The van der Waals surface area contributed by atoms with E-state index in [-0.39, 0.29) is 17.0 Å². The van der Waals surface area contributed by atoms with E-state index in [4.69, 9.17) is 5.11 Å². The third-order valence-electron chi connectivity index (χ3n) is 0.595.